The molecule has 1 aliphatic heterocycles. The number of carbonyl (C=O) groups is 1. The van der Waals surface area contributed by atoms with Gasteiger partial charge >= 0.3 is 12.4 Å². The highest BCUT2D eigenvalue weighted by molar-refractivity contribution is 5.62. The molecule has 0 spiro atoms. The fraction of sp³-hybridized carbons (Fsp3) is 0.480. The van der Waals surface area contributed by atoms with Crippen LogP contribution in [0.2, 0.25) is 0 Å². The fourth-order valence-electron chi connectivity index (χ4n) is 3.48. The summed E-state index contributed by atoms with van der Waals surface area (Å²) in [6, 6.07) is 11.0. The molecule has 0 atom stereocenters. The van der Waals surface area contributed by atoms with Crippen molar-refractivity contribution in [1.82, 2.24) is 4.90 Å². The van der Waals surface area contributed by atoms with Crippen molar-refractivity contribution in [2.75, 3.05) is 13.1 Å². The van der Waals surface area contributed by atoms with E-state index in [0.717, 1.165) is 63.4 Å². The molecular weight excluding hydrogens is 460 g/mol. The molecule has 0 unspecified atom stereocenters. The van der Waals surface area contributed by atoms with Crippen LogP contribution in [0.5, 0.6) is 0 Å². The molecule has 1 fully saturated rings. The van der Waals surface area contributed by atoms with Gasteiger partial charge in [-0.2, -0.15) is 26.3 Å². The van der Waals surface area contributed by atoms with Gasteiger partial charge in [-0.1, -0.05) is 62.2 Å². The first-order chi connectivity index (χ1) is 15.8. The summed E-state index contributed by atoms with van der Waals surface area (Å²) in [5.41, 5.74) is 0.371. The van der Waals surface area contributed by atoms with Crippen LogP contribution in [-0.4, -0.2) is 29.1 Å². The lowest BCUT2D eigenvalue weighted by Gasteiger charge is -2.27. The molecule has 2 aromatic rings. The Bertz CT molecular complexity index is 856. The van der Waals surface area contributed by atoms with E-state index in [-0.39, 0.29) is 0 Å². The molecule has 3 nitrogen and oxygen atoms in total. The van der Waals surface area contributed by atoms with E-state index in [9.17, 15) is 26.3 Å². The van der Waals surface area contributed by atoms with Gasteiger partial charge in [-0.25, -0.2) is 0 Å². The van der Waals surface area contributed by atoms with E-state index in [1.165, 1.54) is 24.6 Å². The summed E-state index contributed by atoms with van der Waals surface area (Å²) in [4.78, 5) is 11.1. The Kier molecular flexibility index (Phi) is 12.1. The number of likely N-dealkylation sites (tertiary alicyclic amines) is 1. The lowest BCUT2D eigenvalue weighted by atomic mass is 9.99. The number of halogens is 6. The van der Waals surface area contributed by atoms with Crippen LogP contribution < -0.4 is 0 Å². The maximum Gasteiger partial charge on any atom is 0.416 e. The van der Waals surface area contributed by atoms with E-state index in [0.29, 0.717) is 12.1 Å². The molecule has 0 bridgehead atoms. The number of carboxylic acid groups (broad SMARTS) is 1. The van der Waals surface area contributed by atoms with Crippen molar-refractivity contribution in [1.29, 1.82) is 0 Å². The highest BCUT2D eigenvalue weighted by atomic mass is 19.4. The summed E-state index contributed by atoms with van der Waals surface area (Å²) < 4.78 is 74.7. The van der Waals surface area contributed by atoms with Crippen molar-refractivity contribution < 1.29 is 36.2 Å². The van der Waals surface area contributed by atoms with Crippen LogP contribution in [0.3, 0.4) is 0 Å². The van der Waals surface area contributed by atoms with Gasteiger partial charge in [0.05, 0.1) is 11.1 Å². The third kappa shape index (κ3) is 11.5. The Labute approximate surface area is 196 Å². The van der Waals surface area contributed by atoms with Crippen molar-refractivity contribution in [3.05, 3.63) is 70.8 Å². The van der Waals surface area contributed by atoms with E-state index in [1.807, 2.05) is 6.92 Å². The van der Waals surface area contributed by atoms with Gasteiger partial charge in [0.15, 0.2) is 0 Å². The third-order valence-electron chi connectivity index (χ3n) is 4.96. The Morgan fingerprint density at radius 2 is 1.47 bits per heavy atom. The number of carboxylic acids is 1. The van der Waals surface area contributed by atoms with Crippen molar-refractivity contribution >= 4 is 5.97 Å². The molecule has 0 aromatic heterocycles. The van der Waals surface area contributed by atoms with Crippen LogP contribution in [0.15, 0.2) is 48.5 Å². The second kappa shape index (κ2) is 14.0. The number of benzene rings is 2. The average Bonchev–Trinajstić information content (AvgIpc) is 2.74. The molecule has 0 saturated carbocycles. The van der Waals surface area contributed by atoms with Crippen LogP contribution in [0.25, 0.3) is 0 Å². The lowest BCUT2D eigenvalue weighted by Crippen LogP contribution is -2.30. The molecule has 1 heterocycles. The molecule has 0 radical (unpaired) electrons. The van der Waals surface area contributed by atoms with Crippen molar-refractivity contribution in [3.63, 3.8) is 0 Å². The number of hydrogen-bond acceptors (Lipinski definition) is 2. The maximum absolute atomic E-state index is 13.1. The Morgan fingerprint density at radius 1 is 0.912 bits per heavy atom. The minimum atomic E-state index is -4.25. The van der Waals surface area contributed by atoms with Gasteiger partial charge in [0.2, 0.25) is 0 Å². The molecule has 1 N–H and O–H groups in total. The molecule has 3 rings (SSSR count). The summed E-state index contributed by atoms with van der Waals surface area (Å²) >= 11 is 0. The van der Waals surface area contributed by atoms with Gasteiger partial charge in [-0.15, -0.1) is 0 Å². The average molecular weight is 492 g/mol. The fourth-order valence-corrected chi connectivity index (χ4v) is 3.48. The van der Waals surface area contributed by atoms with Gasteiger partial charge in [0.25, 0.3) is 5.97 Å². The largest absolute Gasteiger partial charge is 0.481 e. The summed E-state index contributed by atoms with van der Waals surface area (Å²) in [5.74, 6) is -0.833. The van der Waals surface area contributed by atoms with Crippen LogP contribution >= 0.6 is 0 Å². The monoisotopic (exact) mass is 491 g/mol. The van der Waals surface area contributed by atoms with E-state index in [1.54, 1.807) is 18.2 Å². The summed E-state index contributed by atoms with van der Waals surface area (Å²) in [6.07, 6.45) is -3.29. The normalized spacial score (nSPS) is 14.4. The maximum atomic E-state index is 13.1. The number of alkyl halides is 6. The van der Waals surface area contributed by atoms with E-state index >= 15 is 0 Å². The summed E-state index contributed by atoms with van der Waals surface area (Å²) in [6.45, 7) is 5.37. The van der Waals surface area contributed by atoms with Crippen molar-refractivity contribution in [3.8, 4) is 0 Å². The number of hydrogen-bond donors (Lipinski definition) is 1. The summed E-state index contributed by atoms with van der Waals surface area (Å²) in [5, 5.41) is 7.42. The van der Waals surface area contributed by atoms with E-state index in [2.05, 4.69) is 4.90 Å². The highest BCUT2D eigenvalue weighted by Gasteiger charge is 2.33. The molecule has 1 aliphatic rings. The second-order valence-corrected chi connectivity index (χ2v) is 7.96. The van der Waals surface area contributed by atoms with Gasteiger partial charge in [-0.3, -0.25) is 9.69 Å². The molecule has 34 heavy (non-hydrogen) atoms. The van der Waals surface area contributed by atoms with Gasteiger partial charge in [0.1, 0.15) is 0 Å². The highest BCUT2D eigenvalue weighted by Crippen LogP contribution is 2.33. The van der Waals surface area contributed by atoms with Gasteiger partial charge < -0.3 is 5.11 Å². The zero-order chi connectivity index (χ0) is 25.8. The van der Waals surface area contributed by atoms with Gasteiger partial charge in [-0.05, 0) is 49.5 Å². The Balaban J connectivity index is 0.000000343. The molecule has 0 amide bonds. The molecule has 0 aliphatic carbocycles. The number of rotatable bonds is 4. The number of nitrogens with zero attached hydrogens (tertiary/aromatic N) is 1. The predicted molar refractivity (Wildman–Crippen MR) is 119 cm³/mol. The zero-order valence-corrected chi connectivity index (χ0v) is 19.3. The second-order valence-electron chi connectivity index (χ2n) is 7.96. The van der Waals surface area contributed by atoms with Crippen molar-refractivity contribution in [2.45, 2.75) is 64.8 Å². The molecular formula is C25H31F6NO2. The Hall–Kier alpha value is -2.55. The quantitative estimate of drug-likeness (QED) is 0.452. The molecule has 1 saturated heterocycles. The first-order valence-corrected chi connectivity index (χ1v) is 11.1. The summed E-state index contributed by atoms with van der Waals surface area (Å²) in [7, 11) is 0. The predicted octanol–water partition coefficient (Wildman–Crippen LogP) is 7.44. The minimum Gasteiger partial charge on any atom is -0.481 e. The van der Waals surface area contributed by atoms with Crippen LogP contribution in [-0.2, 0) is 30.1 Å². The first kappa shape index (κ1) is 29.5. The smallest absolute Gasteiger partial charge is 0.416 e. The van der Waals surface area contributed by atoms with E-state index < -0.39 is 29.4 Å². The van der Waals surface area contributed by atoms with Gasteiger partial charge in [0, 0.05) is 13.5 Å². The van der Waals surface area contributed by atoms with Crippen LogP contribution in [0, 0.1) is 0 Å². The zero-order valence-electron chi connectivity index (χ0n) is 19.3. The minimum absolute atomic E-state index is 0.423. The number of aryl methyl sites for hydroxylation is 1. The van der Waals surface area contributed by atoms with Crippen molar-refractivity contribution in [2.24, 2.45) is 0 Å². The van der Waals surface area contributed by atoms with Crippen LogP contribution in [0.1, 0.15) is 61.8 Å². The first-order valence-electron chi connectivity index (χ1n) is 11.1. The lowest BCUT2D eigenvalue weighted by molar-refractivity contribution is -0.139. The standard InChI is InChI=1S/C16H22F3N.C7H5F3.C2H4O2/c1-2-6-13-7-8-15(16(17,18)19)14(11-13)12-20-9-4-3-5-10-20;8-7(9,10)6-4-2-1-3-5-6;1-2(3)4/h7-8,11H,2-6,9-10,12H2,1H3;1-5H;1H3,(H,3,4). The molecule has 9 heteroatoms. The molecule has 190 valence electrons. The van der Waals surface area contributed by atoms with Crippen LogP contribution in [0.4, 0.5) is 26.3 Å². The third-order valence-corrected chi connectivity index (χ3v) is 4.96. The number of aliphatic carboxylic acids is 1. The SMILES string of the molecule is CC(=O)O.CCCc1ccc(C(F)(F)F)c(CN2CCCCC2)c1.FC(F)(F)c1ccccc1. The topological polar surface area (TPSA) is 40.5 Å². The Morgan fingerprint density at radius 3 is 1.91 bits per heavy atom. The number of piperidine rings is 1. The van der Waals surface area contributed by atoms with E-state index in [4.69, 9.17) is 9.90 Å². The molecule has 2 aromatic carbocycles.